The predicted octanol–water partition coefficient (Wildman–Crippen LogP) is 6.21. The molecule has 3 aromatic rings. The number of anilines is 1. The van der Waals surface area contributed by atoms with E-state index in [9.17, 15) is 14.9 Å². The fourth-order valence-electron chi connectivity index (χ4n) is 4.18. The zero-order valence-corrected chi connectivity index (χ0v) is 21.5. The molecular weight excluding hydrogens is 513 g/mol. The molecule has 0 saturated carbocycles. The Bertz CT molecular complexity index is 1360. The number of para-hydroxylation sites is 1. The second kappa shape index (κ2) is 12.0. The van der Waals surface area contributed by atoms with Gasteiger partial charge in [-0.15, -0.1) is 0 Å². The lowest BCUT2D eigenvalue weighted by Gasteiger charge is -2.18. The topological polar surface area (TPSA) is 106 Å². The first-order valence-electron chi connectivity index (χ1n) is 11.8. The van der Waals surface area contributed by atoms with Gasteiger partial charge in [0.1, 0.15) is 17.6 Å². The summed E-state index contributed by atoms with van der Waals surface area (Å²) in [5.41, 5.74) is 7.10. The highest BCUT2D eigenvalue weighted by molar-refractivity contribution is 6.33. The molecule has 1 saturated heterocycles. The summed E-state index contributed by atoms with van der Waals surface area (Å²) >= 11 is 12.6. The fourth-order valence-corrected chi connectivity index (χ4v) is 4.54. The number of nitriles is 1. The van der Waals surface area contributed by atoms with E-state index < -0.39 is 0 Å². The van der Waals surface area contributed by atoms with E-state index in [4.69, 9.17) is 38.4 Å². The molecule has 9 heteroatoms. The molecule has 0 radical (unpaired) electrons. The highest BCUT2D eigenvalue weighted by Crippen LogP contribution is 2.40. The SMILES string of the molecule is N#Cc1cccc(Cl)c1Oc1cc([C@H]2CC(=O)N(c3cccc(OCCCCC(N)=O)c3)C2)ccc1Cl. The Morgan fingerprint density at radius 1 is 1.08 bits per heavy atom. The van der Waals surface area contributed by atoms with Gasteiger partial charge in [0.05, 0.1) is 22.2 Å². The molecule has 2 amide bonds. The summed E-state index contributed by atoms with van der Waals surface area (Å²) in [4.78, 5) is 25.5. The lowest BCUT2D eigenvalue weighted by molar-refractivity contribution is -0.118. The van der Waals surface area contributed by atoms with E-state index in [1.165, 1.54) is 0 Å². The molecular formula is C28H25Cl2N3O4. The van der Waals surface area contributed by atoms with Crippen molar-refractivity contribution in [1.82, 2.24) is 0 Å². The van der Waals surface area contributed by atoms with E-state index in [2.05, 4.69) is 6.07 Å². The number of carbonyl (C=O) groups excluding carboxylic acids is 2. The largest absolute Gasteiger partial charge is 0.494 e. The van der Waals surface area contributed by atoms with Crippen LogP contribution in [0.25, 0.3) is 0 Å². The third-order valence-corrected chi connectivity index (χ3v) is 6.68. The number of unbranched alkanes of at least 4 members (excludes halogenated alkanes) is 1. The van der Waals surface area contributed by atoms with E-state index in [0.29, 0.717) is 65.9 Å². The van der Waals surface area contributed by atoms with Crippen molar-refractivity contribution in [2.45, 2.75) is 31.6 Å². The van der Waals surface area contributed by atoms with Gasteiger partial charge in [0.2, 0.25) is 11.8 Å². The van der Waals surface area contributed by atoms with Gasteiger partial charge in [0.15, 0.2) is 5.75 Å². The zero-order valence-electron chi connectivity index (χ0n) is 20.0. The van der Waals surface area contributed by atoms with Crippen LogP contribution in [0.1, 0.15) is 42.7 Å². The third kappa shape index (κ3) is 6.53. The molecule has 0 unspecified atom stereocenters. The van der Waals surface area contributed by atoms with Crippen molar-refractivity contribution in [3.05, 3.63) is 81.8 Å². The smallest absolute Gasteiger partial charge is 0.227 e. The number of carbonyl (C=O) groups is 2. The highest BCUT2D eigenvalue weighted by atomic mass is 35.5. The average Bonchev–Trinajstić information content (AvgIpc) is 3.27. The van der Waals surface area contributed by atoms with E-state index >= 15 is 0 Å². The zero-order chi connectivity index (χ0) is 26.4. The molecule has 1 heterocycles. The molecule has 1 atom stereocenters. The van der Waals surface area contributed by atoms with E-state index in [1.54, 1.807) is 35.2 Å². The Kier molecular flexibility index (Phi) is 8.54. The second-order valence-electron chi connectivity index (χ2n) is 8.69. The van der Waals surface area contributed by atoms with Crippen molar-refractivity contribution >= 4 is 40.7 Å². The summed E-state index contributed by atoms with van der Waals surface area (Å²) in [6.07, 6.45) is 2.04. The molecule has 4 rings (SSSR count). The van der Waals surface area contributed by atoms with Crippen LogP contribution in [0.15, 0.2) is 60.7 Å². The average molecular weight is 538 g/mol. The normalized spacial score (nSPS) is 14.9. The van der Waals surface area contributed by atoms with Gasteiger partial charge in [-0.25, -0.2) is 0 Å². The van der Waals surface area contributed by atoms with Crippen molar-refractivity contribution in [2.24, 2.45) is 5.73 Å². The Balaban J connectivity index is 1.46. The fraction of sp³-hybridized carbons (Fsp3) is 0.250. The summed E-state index contributed by atoms with van der Waals surface area (Å²) in [6, 6.07) is 19.8. The Hall–Kier alpha value is -3.73. The number of nitrogens with zero attached hydrogens (tertiary/aromatic N) is 2. The maximum absolute atomic E-state index is 12.9. The first kappa shape index (κ1) is 26.3. The number of rotatable bonds is 10. The van der Waals surface area contributed by atoms with Gasteiger partial charge in [-0.1, -0.05) is 41.4 Å². The van der Waals surface area contributed by atoms with Crippen LogP contribution < -0.4 is 20.1 Å². The van der Waals surface area contributed by atoms with E-state index in [0.717, 1.165) is 11.3 Å². The molecule has 0 aliphatic carbocycles. The van der Waals surface area contributed by atoms with Crippen LogP contribution in [0.4, 0.5) is 5.69 Å². The van der Waals surface area contributed by atoms with Gasteiger partial charge in [-0.2, -0.15) is 5.26 Å². The first-order chi connectivity index (χ1) is 17.9. The standard InChI is InChI=1S/C28H25Cl2N3O4/c29-23-11-10-18(13-25(23)37-28-19(16-31)5-3-8-24(28)30)20-14-27(35)33(17-20)21-6-4-7-22(15-21)36-12-2-1-9-26(32)34/h3-8,10-11,13,15,20H,1-2,9,12,14,17H2,(H2,32,34)/t20-/m0/s1. The maximum Gasteiger partial charge on any atom is 0.227 e. The van der Waals surface area contributed by atoms with Crippen LogP contribution in [0.5, 0.6) is 17.2 Å². The van der Waals surface area contributed by atoms with Crippen molar-refractivity contribution in [1.29, 1.82) is 5.26 Å². The molecule has 190 valence electrons. The van der Waals surface area contributed by atoms with E-state index in [1.807, 2.05) is 30.3 Å². The highest BCUT2D eigenvalue weighted by Gasteiger charge is 2.32. The van der Waals surface area contributed by atoms with Gasteiger partial charge in [-0.05, 0) is 54.8 Å². The minimum absolute atomic E-state index is 0.00102. The summed E-state index contributed by atoms with van der Waals surface area (Å²) in [7, 11) is 0. The van der Waals surface area contributed by atoms with Gasteiger partial charge in [0.25, 0.3) is 0 Å². The molecule has 3 aromatic carbocycles. The number of hydrogen-bond acceptors (Lipinski definition) is 5. The number of benzene rings is 3. The molecule has 2 N–H and O–H groups in total. The van der Waals surface area contributed by atoms with Gasteiger partial charge in [-0.3, -0.25) is 9.59 Å². The number of halogens is 2. The molecule has 0 aromatic heterocycles. The van der Waals surface area contributed by atoms with Gasteiger partial charge in [0, 0.05) is 37.1 Å². The molecule has 1 aliphatic rings. The van der Waals surface area contributed by atoms with Gasteiger partial charge < -0.3 is 20.1 Å². The minimum Gasteiger partial charge on any atom is -0.494 e. The minimum atomic E-state index is -0.320. The molecule has 0 bridgehead atoms. The predicted molar refractivity (Wildman–Crippen MR) is 142 cm³/mol. The quantitative estimate of drug-likeness (QED) is 0.309. The van der Waals surface area contributed by atoms with Crippen molar-refractivity contribution < 1.29 is 19.1 Å². The third-order valence-electron chi connectivity index (χ3n) is 6.07. The van der Waals surface area contributed by atoms with Gasteiger partial charge >= 0.3 is 0 Å². The van der Waals surface area contributed by atoms with E-state index in [-0.39, 0.29) is 23.5 Å². The lowest BCUT2D eigenvalue weighted by atomic mass is 9.98. The summed E-state index contributed by atoms with van der Waals surface area (Å²) in [6.45, 7) is 0.942. The summed E-state index contributed by atoms with van der Waals surface area (Å²) < 4.78 is 11.8. The molecule has 1 fully saturated rings. The van der Waals surface area contributed by atoms with Crippen LogP contribution in [-0.4, -0.2) is 25.0 Å². The van der Waals surface area contributed by atoms with Crippen molar-refractivity contribution in [2.75, 3.05) is 18.1 Å². The van der Waals surface area contributed by atoms with Crippen LogP contribution in [-0.2, 0) is 9.59 Å². The lowest BCUT2D eigenvalue weighted by Crippen LogP contribution is -2.24. The first-order valence-corrected chi connectivity index (χ1v) is 12.6. The van der Waals surface area contributed by atoms with Crippen molar-refractivity contribution in [3.63, 3.8) is 0 Å². The van der Waals surface area contributed by atoms with Crippen LogP contribution in [0.2, 0.25) is 10.0 Å². The maximum atomic E-state index is 12.9. The molecule has 37 heavy (non-hydrogen) atoms. The monoisotopic (exact) mass is 537 g/mol. The molecule has 0 spiro atoms. The number of primary amides is 1. The van der Waals surface area contributed by atoms with Crippen LogP contribution in [0, 0.1) is 11.3 Å². The van der Waals surface area contributed by atoms with Crippen LogP contribution in [0.3, 0.4) is 0 Å². The summed E-state index contributed by atoms with van der Waals surface area (Å²) in [5.74, 6) is 0.857. The number of nitrogens with two attached hydrogens (primary N) is 1. The molecule has 7 nitrogen and oxygen atoms in total. The summed E-state index contributed by atoms with van der Waals surface area (Å²) in [5, 5.41) is 10.1. The Morgan fingerprint density at radius 2 is 1.89 bits per heavy atom. The number of ether oxygens (including phenoxy) is 2. The Morgan fingerprint density at radius 3 is 2.68 bits per heavy atom. The Labute approximate surface area is 225 Å². The van der Waals surface area contributed by atoms with Crippen molar-refractivity contribution in [3.8, 4) is 23.3 Å². The van der Waals surface area contributed by atoms with Crippen LogP contribution >= 0.6 is 23.2 Å². The molecule has 1 aliphatic heterocycles. The number of amides is 2. The second-order valence-corrected chi connectivity index (χ2v) is 9.51. The number of hydrogen-bond donors (Lipinski definition) is 1.